The zero-order valence-electron chi connectivity index (χ0n) is 15.3. The Kier molecular flexibility index (Phi) is 7.97. The van der Waals surface area contributed by atoms with Crippen LogP contribution >= 0.6 is 0 Å². The van der Waals surface area contributed by atoms with E-state index in [0.29, 0.717) is 18.1 Å². The van der Waals surface area contributed by atoms with Crippen LogP contribution < -0.4 is 0 Å². The summed E-state index contributed by atoms with van der Waals surface area (Å²) in [5.41, 5.74) is 2.49. The van der Waals surface area contributed by atoms with Crippen LogP contribution in [-0.2, 0) is 9.53 Å². The van der Waals surface area contributed by atoms with Crippen LogP contribution in [-0.4, -0.2) is 12.6 Å². The molecule has 1 atom stereocenters. The van der Waals surface area contributed by atoms with E-state index in [-0.39, 0.29) is 5.97 Å². The van der Waals surface area contributed by atoms with Crippen molar-refractivity contribution < 1.29 is 9.53 Å². The highest BCUT2D eigenvalue weighted by Crippen LogP contribution is 2.21. The molecule has 2 aromatic carbocycles. The summed E-state index contributed by atoms with van der Waals surface area (Å²) in [6, 6.07) is 19.6. The number of carbonyl (C=O) groups excluding carboxylic acids is 1. The molecule has 0 aromatic heterocycles. The summed E-state index contributed by atoms with van der Waals surface area (Å²) >= 11 is 0. The van der Waals surface area contributed by atoms with Gasteiger partial charge in [-0.1, -0.05) is 93.8 Å². The Morgan fingerprint density at radius 3 is 2.24 bits per heavy atom. The third-order valence-corrected chi connectivity index (χ3v) is 4.41. The van der Waals surface area contributed by atoms with Gasteiger partial charge in [0, 0.05) is 0 Å². The van der Waals surface area contributed by atoms with Gasteiger partial charge in [-0.05, 0) is 29.5 Å². The van der Waals surface area contributed by atoms with Crippen molar-refractivity contribution in [1.82, 2.24) is 0 Å². The molecular formula is C23H28O2. The molecule has 0 saturated carbocycles. The molecule has 0 amide bonds. The van der Waals surface area contributed by atoms with E-state index in [4.69, 9.17) is 4.74 Å². The first kappa shape index (κ1) is 19.0. The third kappa shape index (κ3) is 6.22. The van der Waals surface area contributed by atoms with E-state index >= 15 is 0 Å². The van der Waals surface area contributed by atoms with Crippen molar-refractivity contribution in [2.45, 2.75) is 39.5 Å². The Labute approximate surface area is 151 Å². The van der Waals surface area contributed by atoms with Crippen LogP contribution in [0.1, 0.15) is 50.7 Å². The number of unbranched alkanes of at least 4 members (excludes halogenated alkanes) is 1. The third-order valence-electron chi connectivity index (χ3n) is 4.41. The molecule has 0 bridgehead atoms. The maximum atomic E-state index is 12.8. The van der Waals surface area contributed by atoms with Crippen LogP contribution in [0.2, 0.25) is 0 Å². The Balaban J connectivity index is 2.15. The standard InChI is InChI=1S/C23H28O2/c1-3-5-12-19(4-2)18-25-23(24)22(21-15-10-7-11-16-21)17-20-13-8-6-9-14-20/h6-11,13-17,19H,3-5,12,18H2,1-2H3/b22-17-. The van der Waals surface area contributed by atoms with E-state index in [1.54, 1.807) is 0 Å². The monoisotopic (exact) mass is 336 g/mol. The van der Waals surface area contributed by atoms with Crippen LogP contribution in [0.4, 0.5) is 0 Å². The van der Waals surface area contributed by atoms with Gasteiger partial charge in [0.25, 0.3) is 0 Å². The van der Waals surface area contributed by atoms with E-state index in [0.717, 1.165) is 24.0 Å². The van der Waals surface area contributed by atoms with E-state index in [9.17, 15) is 4.79 Å². The van der Waals surface area contributed by atoms with Crippen LogP contribution in [0.25, 0.3) is 11.6 Å². The van der Waals surface area contributed by atoms with E-state index < -0.39 is 0 Å². The molecule has 132 valence electrons. The Hall–Kier alpha value is -2.35. The molecule has 0 spiro atoms. The van der Waals surface area contributed by atoms with Crippen LogP contribution in [0.3, 0.4) is 0 Å². The molecule has 0 heterocycles. The molecular weight excluding hydrogens is 308 g/mol. The summed E-state index contributed by atoms with van der Waals surface area (Å²) < 4.78 is 5.67. The summed E-state index contributed by atoms with van der Waals surface area (Å²) in [6.07, 6.45) is 6.42. The fourth-order valence-corrected chi connectivity index (χ4v) is 2.76. The first-order valence-corrected chi connectivity index (χ1v) is 9.23. The zero-order valence-corrected chi connectivity index (χ0v) is 15.3. The lowest BCUT2D eigenvalue weighted by Gasteiger charge is -2.16. The maximum Gasteiger partial charge on any atom is 0.338 e. The Morgan fingerprint density at radius 1 is 1.00 bits per heavy atom. The Bertz CT molecular complexity index is 659. The highest BCUT2D eigenvalue weighted by Gasteiger charge is 2.16. The quantitative estimate of drug-likeness (QED) is 0.319. The fraction of sp³-hybridized carbons (Fsp3) is 0.348. The molecule has 2 heteroatoms. The molecule has 2 rings (SSSR count). The van der Waals surface area contributed by atoms with Crippen LogP contribution in [0.15, 0.2) is 60.7 Å². The Morgan fingerprint density at radius 2 is 1.64 bits per heavy atom. The van der Waals surface area contributed by atoms with Crippen molar-refractivity contribution in [1.29, 1.82) is 0 Å². The summed E-state index contributed by atoms with van der Waals surface area (Å²) in [6.45, 7) is 4.84. The molecule has 0 saturated heterocycles. The minimum Gasteiger partial charge on any atom is -0.462 e. The molecule has 0 aliphatic heterocycles. The van der Waals surface area contributed by atoms with Crippen molar-refractivity contribution >= 4 is 17.6 Å². The smallest absolute Gasteiger partial charge is 0.338 e. The van der Waals surface area contributed by atoms with Crippen molar-refractivity contribution in [2.75, 3.05) is 6.61 Å². The lowest BCUT2D eigenvalue weighted by molar-refractivity contribution is -0.138. The van der Waals surface area contributed by atoms with Gasteiger partial charge in [0.1, 0.15) is 0 Å². The van der Waals surface area contributed by atoms with Gasteiger partial charge in [-0.25, -0.2) is 4.79 Å². The second-order valence-corrected chi connectivity index (χ2v) is 6.35. The molecule has 0 aliphatic carbocycles. The number of carbonyl (C=O) groups is 1. The SMILES string of the molecule is CCCCC(CC)COC(=O)/C(=C\c1ccccc1)c1ccccc1. The number of esters is 1. The van der Waals surface area contributed by atoms with Gasteiger partial charge in [-0.2, -0.15) is 0 Å². The van der Waals surface area contributed by atoms with Gasteiger partial charge in [0.15, 0.2) is 0 Å². The van der Waals surface area contributed by atoms with Gasteiger partial charge < -0.3 is 4.74 Å². The number of hydrogen-bond donors (Lipinski definition) is 0. The highest BCUT2D eigenvalue weighted by atomic mass is 16.5. The molecule has 25 heavy (non-hydrogen) atoms. The molecule has 2 aromatic rings. The van der Waals surface area contributed by atoms with Gasteiger partial charge in [-0.3, -0.25) is 0 Å². The summed E-state index contributed by atoms with van der Waals surface area (Å²) in [5.74, 6) is 0.197. The predicted molar refractivity (Wildman–Crippen MR) is 105 cm³/mol. The maximum absolute atomic E-state index is 12.8. The lowest BCUT2D eigenvalue weighted by atomic mass is 10.00. The van der Waals surface area contributed by atoms with Gasteiger partial charge in [0.2, 0.25) is 0 Å². The summed E-state index contributed by atoms with van der Waals surface area (Å²) in [5, 5.41) is 0. The summed E-state index contributed by atoms with van der Waals surface area (Å²) in [4.78, 5) is 12.8. The van der Waals surface area contributed by atoms with Crippen molar-refractivity contribution in [3.63, 3.8) is 0 Å². The molecule has 1 unspecified atom stereocenters. The van der Waals surface area contributed by atoms with E-state index in [2.05, 4.69) is 13.8 Å². The molecule has 0 aliphatic rings. The highest BCUT2D eigenvalue weighted by molar-refractivity contribution is 6.21. The van der Waals surface area contributed by atoms with Crippen LogP contribution in [0.5, 0.6) is 0 Å². The van der Waals surface area contributed by atoms with E-state index in [1.807, 2.05) is 66.7 Å². The minimum atomic E-state index is -0.245. The number of hydrogen-bond acceptors (Lipinski definition) is 2. The largest absolute Gasteiger partial charge is 0.462 e. The minimum absolute atomic E-state index is 0.245. The fourth-order valence-electron chi connectivity index (χ4n) is 2.76. The first-order valence-electron chi connectivity index (χ1n) is 9.23. The number of benzene rings is 2. The number of rotatable bonds is 9. The number of ether oxygens (including phenoxy) is 1. The molecule has 0 radical (unpaired) electrons. The normalized spacial score (nSPS) is 12.6. The second kappa shape index (κ2) is 10.5. The topological polar surface area (TPSA) is 26.3 Å². The van der Waals surface area contributed by atoms with Crippen molar-refractivity contribution in [3.05, 3.63) is 71.8 Å². The first-order chi connectivity index (χ1) is 12.2. The molecule has 2 nitrogen and oxygen atoms in total. The average Bonchev–Trinajstić information content (AvgIpc) is 2.67. The summed E-state index contributed by atoms with van der Waals surface area (Å²) in [7, 11) is 0. The van der Waals surface area contributed by atoms with E-state index in [1.165, 1.54) is 12.8 Å². The zero-order chi connectivity index (χ0) is 17.9. The van der Waals surface area contributed by atoms with Gasteiger partial charge in [0.05, 0.1) is 12.2 Å². The predicted octanol–water partition coefficient (Wildman–Crippen LogP) is 5.99. The second-order valence-electron chi connectivity index (χ2n) is 6.35. The van der Waals surface area contributed by atoms with Crippen LogP contribution in [0, 0.1) is 5.92 Å². The van der Waals surface area contributed by atoms with Crippen molar-refractivity contribution in [2.24, 2.45) is 5.92 Å². The van der Waals surface area contributed by atoms with Crippen molar-refractivity contribution in [3.8, 4) is 0 Å². The lowest BCUT2D eigenvalue weighted by Crippen LogP contribution is -2.15. The van der Waals surface area contributed by atoms with Gasteiger partial charge >= 0.3 is 5.97 Å². The average molecular weight is 336 g/mol. The van der Waals surface area contributed by atoms with Gasteiger partial charge in [-0.15, -0.1) is 0 Å². The molecule has 0 fully saturated rings. The molecule has 0 N–H and O–H groups in total.